The van der Waals surface area contributed by atoms with E-state index in [0.29, 0.717) is 6.61 Å². The molecule has 0 radical (unpaired) electrons. The van der Waals surface area contributed by atoms with Gasteiger partial charge in [-0.1, -0.05) is 12.1 Å². The Morgan fingerprint density at radius 1 is 1.17 bits per heavy atom. The summed E-state index contributed by atoms with van der Waals surface area (Å²) < 4.78 is 5.81. The first kappa shape index (κ1) is 17.6. The fourth-order valence-electron chi connectivity index (χ4n) is 2.85. The first-order valence-corrected chi connectivity index (χ1v) is 8.59. The lowest BCUT2D eigenvalue weighted by Gasteiger charge is -2.37. The number of carbonyl (C=O) groups excluding carboxylic acids is 1. The summed E-state index contributed by atoms with van der Waals surface area (Å²) in [7, 11) is 0. The van der Waals surface area contributed by atoms with E-state index in [1.807, 2.05) is 35.8 Å². The molecular weight excluding hydrogens is 290 g/mol. The number of hydrogen-bond donors (Lipinski definition) is 0. The van der Waals surface area contributed by atoms with E-state index >= 15 is 0 Å². The molecule has 0 saturated carbocycles. The minimum absolute atomic E-state index is 0.172. The molecule has 0 atom stereocenters. The van der Waals surface area contributed by atoms with Crippen molar-refractivity contribution in [3.05, 3.63) is 29.8 Å². The van der Waals surface area contributed by atoms with Gasteiger partial charge in [-0.2, -0.15) is 0 Å². The number of aryl methyl sites for hydroxylation is 1. The molecule has 1 aromatic rings. The van der Waals surface area contributed by atoms with Crippen molar-refractivity contribution in [1.82, 2.24) is 14.7 Å². The van der Waals surface area contributed by atoms with Gasteiger partial charge in [0.05, 0.1) is 0 Å². The van der Waals surface area contributed by atoms with E-state index in [2.05, 4.69) is 24.0 Å². The van der Waals surface area contributed by atoms with Gasteiger partial charge in [0.25, 0.3) is 0 Å². The summed E-state index contributed by atoms with van der Waals surface area (Å²) in [5.74, 6) is 0.931. The Kier molecular flexibility index (Phi) is 6.71. The summed E-state index contributed by atoms with van der Waals surface area (Å²) in [6.45, 7) is 12.7. The molecule has 1 aromatic carbocycles. The fraction of sp³-hybridized carbons (Fsp3) is 0.611. The SMILES string of the molecule is CCN(CC)C(=O)N1CCN(CCOc2cccc(C)c2)CC1. The molecule has 0 aliphatic carbocycles. The van der Waals surface area contributed by atoms with E-state index in [9.17, 15) is 4.79 Å². The van der Waals surface area contributed by atoms with Crippen LogP contribution in [0.2, 0.25) is 0 Å². The van der Waals surface area contributed by atoms with Crippen molar-refractivity contribution >= 4 is 6.03 Å². The van der Waals surface area contributed by atoms with Crippen LogP contribution in [0.4, 0.5) is 4.79 Å². The zero-order valence-electron chi connectivity index (χ0n) is 14.6. The summed E-state index contributed by atoms with van der Waals surface area (Å²) in [4.78, 5) is 18.5. The Labute approximate surface area is 139 Å². The molecule has 1 aliphatic rings. The molecule has 0 aromatic heterocycles. The van der Waals surface area contributed by atoms with Crippen LogP contribution in [0.5, 0.6) is 5.75 Å². The van der Waals surface area contributed by atoms with Gasteiger partial charge >= 0.3 is 6.03 Å². The van der Waals surface area contributed by atoms with Gasteiger partial charge in [0.2, 0.25) is 0 Å². The molecular formula is C18H29N3O2. The van der Waals surface area contributed by atoms with Crippen LogP contribution in [0.1, 0.15) is 19.4 Å². The van der Waals surface area contributed by atoms with Crippen molar-refractivity contribution in [2.24, 2.45) is 0 Å². The molecule has 1 heterocycles. The molecule has 128 valence electrons. The molecule has 2 amide bonds. The number of rotatable bonds is 6. The van der Waals surface area contributed by atoms with Crippen LogP contribution in [0, 0.1) is 6.92 Å². The van der Waals surface area contributed by atoms with Crippen LogP contribution in [-0.4, -0.2) is 73.2 Å². The molecule has 5 nitrogen and oxygen atoms in total. The van der Waals surface area contributed by atoms with Gasteiger partial charge in [0.15, 0.2) is 0 Å². The second-order valence-corrected chi connectivity index (χ2v) is 5.95. The van der Waals surface area contributed by atoms with E-state index in [-0.39, 0.29) is 6.03 Å². The maximum Gasteiger partial charge on any atom is 0.320 e. The minimum Gasteiger partial charge on any atom is -0.492 e. The Hall–Kier alpha value is -1.75. The highest BCUT2D eigenvalue weighted by atomic mass is 16.5. The van der Waals surface area contributed by atoms with E-state index < -0.39 is 0 Å². The third-order valence-electron chi connectivity index (χ3n) is 4.34. The number of urea groups is 1. The average molecular weight is 319 g/mol. The van der Waals surface area contributed by atoms with Crippen LogP contribution in [0.15, 0.2) is 24.3 Å². The van der Waals surface area contributed by atoms with Crippen molar-refractivity contribution in [3.8, 4) is 5.75 Å². The maximum atomic E-state index is 12.3. The third kappa shape index (κ3) is 5.13. The molecule has 2 rings (SSSR count). The second-order valence-electron chi connectivity index (χ2n) is 5.95. The number of piperazine rings is 1. The monoisotopic (exact) mass is 319 g/mol. The molecule has 0 unspecified atom stereocenters. The zero-order chi connectivity index (χ0) is 16.7. The summed E-state index contributed by atoms with van der Waals surface area (Å²) in [6.07, 6.45) is 0. The average Bonchev–Trinajstić information content (AvgIpc) is 2.56. The number of ether oxygens (including phenoxy) is 1. The van der Waals surface area contributed by atoms with Gasteiger partial charge in [0.1, 0.15) is 12.4 Å². The quantitative estimate of drug-likeness (QED) is 0.808. The Morgan fingerprint density at radius 3 is 2.48 bits per heavy atom. The standard InChI is InChI=1S/C18H29N3O2/c1-4-20(5-2)18(22)21-11-9-19(10-12-21)13-14-23-17-8-6-7-16(3)15-17/h6-8,15H,4-5,9-14H2,1-3H3. The van der Waals surface area contributed by atoms with E-state index in [1.165, 1.54) is 5.56 Å². The maximum absolute atomic E-state index is 12.3. The van der Waals surface area contributed by atoms with Crippen LogP contribution in [-0.2, 0) is 0 Å². The Balaban J connectivity index is 1.69. The first-order valence-electron chi connectivity index (χ1n) is 8.59. The topological polar surface area (TPSA) is 36.0 Å². The lowest BCUT2D eigenvalue weighted by Crippen LogP contribution is -2.53. The van der Waals surface area contributed by atoms with Gasteiger partial charge in [-0.25, -0.2) is 4.79 Å². The molecule has 1 aliphatic heterocycles. The van der Waals surface area contributed by atoms with Gasteiger partial charge < -0.3 is 14.5 Å². The molecule has 0 bridgehead atoms. The third-order valence-corrected chi connectivity index (χ3v) is 4.34. The normalized spacial score (nSPS) is 15.5. The Bertz CT molecular complexity index is 495. The predicted molar refractivity (Wildman–Crippen MR) is 93.0 cm³/mol. The van der Waals surface area contributed by atoms with E-state index in [1.54, 1.807) is 0 Å². The van der Waals surface area contributed by atoms with Crippen LogP contribution in [0.25, 0.3) is 0 Å². The highest BCUT2D eigenvalue weighted by Gasteiger charge is 2.23. The van der Waals surface area contributed by atoms with Crippen LogP contribution < -0.4 is 4.74 Å². The highest BCUT2D eigenvalue weighted by Crippen LogP contribution is 2.12. The van der Waals surface area contributed by atoms with Crippen molar-refractivity contribution in [2.45, 2.75) is 20.8 Å². The van der Waals surface area contributed by atoms with Crippen LogP contribution >= 0.6 is 0 Å². The summed E-state index contributed by atoms with van der Waals surface area (Å²) in [5.41, 5.74) is 1.21. The summed E-state index contributed by atoms with van der Waals surface area (Å²) in [5, 5.41) is 0. The molecule has 23 heavy (non-hydrogen) atoms. The van der Waals surface area contributed by atoms with Crippen molar-refractivity contribution in [3.63, 3.8) is 0 Å². The molecule has 0 spiro atoms. The van der Waals surface area contributed by atoms with Crippen molar-refractivity contribution in [2.75, 3.05) is 52.4 Å². The number of hydrogen-bond acceptors (Lipinski definition) is 3. The van der Waals surface area contributed by atoms with Crippen molar-refractivity contribution in [1.29, 1.82) is 0 Å². The lowest BCUT2D eigenvalue weighted by molar-refractivity contribution is 0.107. The highest BCUT2D eigenvalue weighted by molar-refractivity contribution is 5.74. The van der Waals surface area contributed by atoms with E-state index in [0.717, 1.165) is 51.6 Å². The minimum atomic E-state index is 0.172. The molecule has 0 N–H and O–H groups in total. The number of amides is 2. The first-order chi connectivity index (χ1) is 11.1. The van der Waals surface area contributed by atoms with Gasteiger partial charge in [-0.05, 0) is 38.5 Å². The summed E-state index contributed by atoms with van der Waals surface area (Å²) in [6, 6.07) is 8.31. The molecule has 1 fully saturated rings. The second kappa shape index (κ2) is 8.77. The zero-order valence-corrected chi connectivity index (χ0v) is 14.6. The van der Waals surface area contributed by atoms with Crippen LogP contribution in [0.3, 0.4) is 0 Å². The Morgan fingerprint density at radius 2 is 1.87 bits per heavy atom. The van der Waals surface area contributed by atoms with E-state index in [4.69, 9.17) is 4.74 Å². The number of nitrogens with zero attached hydrogens (tertiary/aromatic N) is 3. The fourth-order valence-corrected chi connectivity index (χ4v) is 2.85. The predicted octanol–water partition coefficient (Wildman–Crippen LogP) is 2.45. The molecule has 1 saturated heterocycles. The van der Waals surface area contributed by atoms with Gasteiger partial charge in [-0.15, -0.1) is 0 Å². The lowest BCUT2D eigenvalue weighted by atomic mass is 10.2. The number of benzene rings is 1. The number of carbonyl (C=O) groups is 1. The smallest absolute Gasteiger partial charge is 0.320 e. The van der Waals surface area contributed by atoms with Crippen molar-refractivity contribution < 1.29 is 9.53 Å². The van der Waals surface area contributed by atoms with Gasteiger partial charge in [0, 0.05) is 45.8 Å². The van der Waals surface area contributed by atoms with Gasteiger partial charge in [-0.3, -0.25) is 4.90 Å². The largest absolute Gasteiger partial charge is 0.492 e. The summed E-state index contributed by atoms with van der Waals surface area (Å²) >= 11 is 0. The molecule has 5 heteroatoms.